The van der Waals surface area contributed by atoms with Crippen LogP contribution in [0.2, 0.25) is 0 Å². The van der Waals surface area contributed by atoms with Gasteiger partial charge < -0.3 is 5.32 Å². The van der Waals surface area contributed by atoms with E-state index >= 15 is 0 Å². The summed E-state index contributed by atoms with van der Waals surface area (Å²) in [5.74, 6) is 4.83. The van der Waals surface area contributed by atoms with E-state index in [1.54, 1.807) is 12.1 Å². The summed E-state index contributed by atoms with van der Waals surface area (Å²) < 4.78 is 0. The third kappa shape index (κ3) is 4.38. The van der Waals surface area contributed by atoms with Crippen molar-refractivity contribution in [2.75, 3.05) is 5.32 Å². The smallest absolute Gasteiger partial charge is 0.247 e. The number of thioether (sulfide) groups is 1. The summed E-state index contributed by atoms with van der Waals surface area (Å²) in [5, 5.41) is 2.48. The number of nitrogens with two attached hydrogens (primary N) is 1. The molecule has 0 spiro atoms. The molecule has 0 saturated heterocycles. The predicted octanol–water partition coefficient (Wildman–Crippen LogP) is 1.51. The van der Waals surface area contributed by atoms with Crippen molar-refractivity contribution in [2.45, 2.75) is 30.4 Å². The summed E-state index contributed by atoms with van der Waals surface area (Å²) >= 11 is 1.44. The second-order valence-electron chi connectivity index (χ2n) is 3.73. The number of benzene rings is 1. The number of hydrogen-bond donors (Lipinski definition) is 3. The first-order valence-electron chi connectivity index (χ1n) is 5.61. The molecule has 2 amide bonds. The Hall–Kier alpha value is -1.53. The molecule has 5 nitrogen and oxygen atoms in total. The fraction of sp³-hybridized carbons (Fsp3) is 0.333. The van der Waals surface area contributed by atoms with Gasteiger partial charge in [0.05, 0.1) is 5.25 Å². The minimum Gasteiger partial charge on any atom is -0.326 e. The molecule has 1 aromatic rings. The van der Waals surface area contributed by atoms with E-state index in [9.17, 15) is 9.59 Å². The maximum absolute atomic E-state index is 11.4. The molecule has 0 fully saturated rings. The van der Waals surface area contributed by atoms with Gasteiger partial charge in [0.25, 0.3) is 0 Å². The van der Waals surface area contributed by atoms with E-state index in [0.717, 1.165) is 10.6 Å². The molecule has 1 rings (SSSR count). The van der Waals surface area contributed by atoms with Crippen LogP contribution in [0.25, 0.3) is 0 Å². The van der Waals surface area contributed by atoms with Crippen LogP contribution in [0.5, 0.6) is 0 Å². The van der Waals surface area contributed by atoms with Gasteiger partial charge in [-0.1, -0.05) is 6.92 Å². The van der Waals surface area contributed by atoms with Gasteiger partial charge in [0.2, 0.25) is 11.8 Å². The van der Waals surface area contributed by atoms with Crippen LogP contribution in [0.15, 0.2) is 29.2 Å². The SMILES string of the molecule is CCC(Sc1ccc(NC(C)=O)cc1)C(=O)NN. The lowest BCUT2D eigenvalue weighted by Crippen LogP contribution is -2.37. The van der Waals surface area contributed by atoms with Crippen molar-refractivity contribution in [1.29, 1.82) is 0 Å². The zero-order valence-corrected chi connectivity index (χ0v) is 11.2. The minimum absolute atomic E-state index is 0.107. The number of hydrazine groups is 1. The molecular weight excluding hydrogens is 250 g/mol. The van der Waals surface area contributed by atoms with Crippen molar-refractivity contribution < 1.29 is 9.59 Å². The van der Waals surface area contributed by atoms with Crippen molar-refractivity contribution in [3.63, 3.8) is 0 Å². The van der Waals surface area contributed by atoms with Crippen molar-refractivity contribution in [3.05, 3.63) is 24.3 Å². The lowest BCUT2D eigenvalue weighted by molar-refractivity contribution is -0.120. The van der Waals surface area contributed by atoms with Crippen molar-refractivity contribution >= 4 is 29.3 Å². The third-order valence-electron chi connectivity index (χ3n) is 2.26. The van der Waals surface area contributed by atoms with E-state index in [0.29, 0.717) is 6.42 Å². The Balaban J connectivity index is 2.67. The van der Waals surface area contributed by atoms with Gasteiger partial charge in [-0.25, -0.2) is 5.84 Å². The second-order valence-corrected chi connectivity index (χ2v) is 5.01. The summed E-state index contributed by atoms with van der Waals surface area (Å²) in [7, 11) is 0. The monoisotopic (exact) mass is 267 g/mol. The number of carbonyl (C=O) groups is 2. The first-order valence-corrected chi connectivity index (χ1v) is 6.49. The van der Waals surface area contributed by atoms with E-state index in [4.69, 9.17) is 5.84 Å². The fourth-order valence-corrected chi connectivity index (χ4v) is 2.36. The van der Waals surface area contributed by atoms with Gasteiger partial charge >= 0.3 is 0 Å². The van der Waals surface area contributed by atoms with Gasteiger partial charge in [-0.15, -0.1) is 11.8 Å². The van der Waals surface area contributed by atoms with Crippen LogP contribution in [0.1, 0.15) is 20.3 Å². The molecule has 1 unspecified atom stereocenters. The quantitative estimate of drug-likeness (QED) is 0.327. The van der Waals surface area contributed by atoms with Crippen LogP contribution in [-0.4, -0.2) is 17.1 Å². The summed E-state index contributed by atoms with van der Waals surface area (Å²) in [5.41, 5.74) is 2.90. The Morgan fingerprint density at radius 2 is 1.94 bits per heavy atom. The second kappa shape index (κ2) is 7.03. The molecule has 98 valence electrons. The van der Waals surface area contributed by atoms with Crippen LogP contribution in [-0.2, 0) is 9.59 Å². The van der Waals surface area contributed by atoms with Crippen molar-refractivity contribution in [1.82, 2.24) is 5.43 Å². The molecule has 0 aliphatic rings. The Morgan fingerprint density at radius 1 is 1.33 bits per heavy atom. The molecule has 0 bridgehead atoms. The normalized spacial score (nSPS) is 11.7. The molecular formula is C12H17N3O2S. The zero-order chi connectivity index (χ0) is 13.5. The first kappa shape index (κ1) is 14.5. The topological polar surface area (TPSA) is 84.2 Å². The Bertz CT molecular complexity index is 420. The maximum Gasteiger partial charge on any atom is 0.247 e. The molecule has 1 aromatic carbocycles. The average molecular weight is 267 g/mol. The maximum atomic E-state index is 11.4. The fourth-order valence-electron chi connectivity index (χ4n) is 1.40. The van der Waals surface area contributed by atoms with Crippen LogP contribution in [0.3, 0.4) is 0 Å². The Labute approximate surface area is 110 Å². The van der Waals surface area contributed by atoms with Gasteiger partial charge in [-0.3, -0.25) is 15.0 Å². The van der Waals surface area contributed by atoms with E-state index in [1.165, 1.54) is 18.7 Å². The van der Waals surface area contributed by atoms with E-state index in [1.807, 2.05) is 19.1 Å². The minimum atomic E-state index is -0.207. The summed E-state index contributed by atoms with van der Waals surface area (Å²) in [6.07, 6.45) is 0.696. The summed E-state index contributed by atoms with van der Waals surface area (Å²) in [4.78, 5) is 23.3. The lowest BCUT2D eigenvalue weighted by atomic mass is 10.3. The molecule has 18 heavy (non-hydrogen) atoms. The number of hydrogen-bond acceptors (Lipinski definition) is 4. The standard InChI is InChI=1S/C12H17N3O2S/c1-3-11(12(17)15-13)18-10-6-4-9(5-7-10)14-8(2)16/h4-7,11H,3,13H2,1-2H3,(H,14,16)(H,15,17). The highest BCUT2D eigenvalue weighted by Crippen LogP contribution is 2.26. The molecule has 0 radical (unpaired) electrons. The first-order chi connectivity index (χ1) is 8.56. The molecule has 0 aliphatic heterocycles. The van der Waals surface area contributed by atoms with Crippen LogP contribution in [0.4, 0.5) is 5.69 Å². The van der Waals surface area contributed by atoms with Gasteiger partial charge in [-0.05, 0) is 30.7 Å². The highest BCUT2D eigenvalue weighted by atomic mass is 32.2. The highest BCUT2D eigenvalue weighted by Gasteiger charge is 2.16. The number of anilines is 1. The summed E-state index contributed by atoms with van der Waals surface area (Å²) in [6, 6.07) is 7.33. The van der Waals surface area contributed by atoms with Gasteiger partial charge in [0.15, 0.2) is 0 Å². The van der Waals surface area contributed by atoms with Gasteiger partial charge in [0.1, 0.15) is 0 Å². The zero-order valence-electron chi connectivity index (χ0n) is 10.4. The van der Waals surface area contributed by atoms with Crippen molar-refractivity contribution in [3.8, 4) is 0 Å². The summed E-state index contributed by atoms with van der Waals surface area (Å²) in [6.45, 7) is 3.39. The number of nitrogens with one attached hydrogen (secondary N) is 2. The molecule has 0 aromatic heterocycles. The van der Waals surface area contributed by atoms with E-state index in [2.05, 4.69) is 10.7 Å². The largest absolute Gasteiger partial charge is 0.326 e. The molecule has 4 N–H and O–H groups in total. The molecule has 0 heterocycles. The van der Waals surface area contributed by atoms with Crippen LogP contribution in [0, 0.1) is 0 Å². The van der Waals surface area contributed by atoms with E-state index in [-0.39, 0.29) is 17.1 Å². The molecule has 6 heteroatoms. The van der Waals surface area contributed by atoms with Gasteiger partial charge in [0, 0.05) is 17.5 Å². The number of rotatable bonds is 5. The van der Waals surface area contributed by atoms with E-state index < -0.39 is 0 Å². The predicted molar refractivity (Wildman–Crippen MR) is 73.0 cm³/mol. The molecule has 1 atom stereocenters. The van der Waals surface area contributed by atoms with Crippen LogP contribution < -0.4 is 16.6 Å². The Kier molecular flexibility index (Phi) is 5.67. The molecule has 0 aliphatic carbocycles. The number of amides is 2. The Morgan fingerprint density at radius 3 is 2.39 bits per heavy atom. The highest BCUT2D eigenvalue weighted by molar-refractivity contribution is 8.00. The molecule has 0 saturated carbocycles. The van der Waals surface area contributed by atoms with Crippen LogP contribution >= 0.6 is 11.8 Å². The number of carbonyl (C=O) groups excluding carboxylic acids is 2. The average Bonchev–Trinajstić information content (AvgIpc) is 2.36. The lowest BCUT2D eigenvalue weighted by Gasteiger charge is -2.12. The van der Waals surface area contributed by atoms with Gasteiger partial charge in [-0.2, -0.15) is 0 Å². The third-order valence-corrected chi connectivity index (χ3v) is 3.63. The van der Waals surface area contributed by atoms with Crippen molar-refractivity contribution in [2.24, 2.45) is 5.84 Å².